The van der Waals surface area contributed by atoms with Crippen LogP contribution in [0.2, 0.25) is 0 Å². The van der Waals surface area contributed by atoms with Crippen LogP contribution in [0.4, 0.5) is 4.39 Å². The number of likely N-dealkylation sites (tertiary alicyclic amines) is 2. The van der Waals surface area contributed by atoms with Gasteiger partial charge in [-0.1, -0.05) is 25.0 Å². The number of nitrogens with zero attached hydrogens (tertiary/aromatic N) is 2. The lowest BCUT2D eigenvalue weighted by Gasteiger charge is -2.61. The minimum absolute atomic E-state index is 0.0697. The Morgan fingerprint density at radius 1 is 0.963 bits per heavy atom. The highest BCUT2D eigenvalue weighted by molar-refractivity contribution is 5.32. The van der Waals surface area contributed by atoms with Gasteiger partial charge in [-0.05, 0) is 95.7 Å². The van der Waals surface area contributed by atoms with Gasteiger partial charge in [-0.25, -0.2) is 4.39 Å². The Morgan fingerprint density at radius 3 is 2.30 bits per heavy atom. The molecule has 2 aliphatic heterocycles. The van der Waals surface area contributed by atoms with Crippen LogP contribution in [-0.4, -0.2) is 52.7 Å². The molecule has 150 valence electrons. The average Bonchev–Trinajstić information content (AvgIpc) is 2.71. The van der Waals surface area contributed by atoms with Gasteiger partial charge in [0.15, 0.2) is 0 Å². The molecule has 2 saturated heterocycles. The number of rotatable bonds is 3. The van der Waals surface area contributed by atoms with Crippen molar-refractivity contribution in [2.24, 2.45) is 0 Å². The Hall–Kier alpha value is -0.970. The number of piperidine rings is 2. The molecular formula is C23H35FN2O. The van der Waals surface area contributed by atoms with Crippen LogP contribution in [0.1, 0.15) is 70.3 Å². The predicted octanol–water partition coefficient (Wildman–Crippen LogP) is 4.30. The summed E-state index contributed by atoms with van der Waals surface area (Å²) in [5.41, 5.74) is -0.616. The Balaban J connectivity index is 1.79. The van der Waals surface area contributed by atoms with Gasteiger partial charge in [0.2, 0.25) is 0 Å². The molecule has 4 heteroatoms. The second kappa shape index (κ2) is 7.81. The molecule has 2 heterocycles. The van der Waals surface area contributed by atoms with Crippen LogP contribution in [0, 0.1) is 5.82 Å². The van der Waals surface area contributed by atoms with Gasteiger partial charge in [-0.3, -0.25) is 9.80 Å². The van der Waals surface area contributed by atoms with Gasteiger partial charge >= 0.3 is 0 Å². The van der Waals surface area contributed by atoms with Gasteiger partial charge in [0.25, 0.3) is 0 Å². The van der Waals surface area contributed by atoms with Crippen LogP contribution >= 0.6 is 0 Å². The Kier molecular flexibility index (Phi) is 5.59. The standard InChI is InChI=1S/C23H35FN2O/c1-22(26-16-6-3-7-17-26)13-9-12-21(25-14-4-2-5-15-25)23(22,27)19-10-8-11-20(24)18-19/h8,10-11,18,21,27H,2-7,9,12-17H2,1H3. The monoisotopic (exact) mass is 374 g/mol. The molecule has 0 radical (unpaired) electrons. The summed E-state index contributed by atoms with van der Waals surface area (Å²) in [5, 5.41) is 12.5. The van der Waals surface area contributed by atoms with E-state index in [2.05, 4.69) is 16.7 Å². The SMILES string of the molecule is CC1(N2CCCCC2)CCCC(N2CCCCC2)C1(O)c1cccc(F)c1. The maximum atomic E-state index is 14.2. The molecule has 3 atom stereocenters. The molecule has 27 heavy (non-hydrogen) atoms. The maximum Gasteiger partial charge on any atom is 0.123 e. The molecule has 0 aromatic heterocycles. The molecule has 1 aromatic rings. The quantitative estimate of drug-likeness (QED) is 0.855. The maximum absolute atomic E-state index is 14.2. The van der Waals surface area contributed by atoms with Gasteiger partial charge in [0.1, 0.15) is 11.4 Å². The van der Waals surface area contributed by atoms with E-state index in [1.54, 1.807) is 12.1 Å². The fourth-order valence-corrected chi connectivity index (χ4v) is 6.09. The van der Waals surface area contributed by atoms with E-state index in [9.17, 15) is 9.50 Å². The Labute approximate surface area is 163 Å². The lowest BCUT2D eigenvalue weighted by molar-refractivity contribution is -0.185. The zero-order valence-electron chi connectivity index (χ0n) is 16.8. The highest BCUT2D eigenvalue weighted by atomic mass is 19.1. The first-order chi connectivity index (χ1) is 13.1. The lowest BCUT2D eigenvalue weighted by atomic mass is 9.62. The van der Waals surface area contributed by atoms with Crippen molar-refractivity contribution in [3.8, 4) is 0 Å². The van der Waals surface area contributed by atoms with Crippen LogP contribution in [0.3, 0.4) is 0 Å². The van der Waals surface area contributed by atoms with Gasteiger partial charge in [0, 0.05) is 6.04 Å². The zero-order valence-corrected chi connectivity index (χ0v) is 16.8. The number of benzene rings is 1. The summed E-state index contributed by atoms with van der Waals surface area (Å²) in [5.74, 6) is -0.245. The molecule has 4 rings (SSSR count). The summed E-state index contributed by atoms with van der Waals surface area (Å²) in [6.07, 6.45) is 10.5. The van der Waals surface area contributed by atoms with E-state index in [0.29, 0.717) is 0 Å². The van der Waals surface area contributed by atoms with E-state index in [-0.39, 0.29) is 17.4 Å². The zero-order chi connectivity index (χ0) is 18.9. The third-order valence-electron chi connectivity index (χ3n) is 7.59. The first-order valence-corrected chi connectivity index (χ1v) is 11.0. The molecule has 1 saturated carbocycles. The van der Waals surface area contributed by atoms with Crippen molar-refractivity contribution < 1.29 is 9.50 Å². The van der Waals surface area contributed by atoms with Crippen molar-refractivity contribution in [2.75, 3.05) is 26.2 Å². The fraction of sp³-hybridized carbons (Fsp3) is 0.739. The van der Waals surface area contributed by atoms with E-state index < -0.39 is 5.60 Å². The summed E-state index contributed by atoms with van der Waals surface area (Å²) >= 11 is 0. The molecule has 0 amide bonds. The second-order valence-electron chi connectivity index (χ2n) is 9.10. The van der Waals surface area contributed by atoms with Crippen molar-refractivity contribution in [3.63, 3.8) is 0 Å². The van der Waals surface area contributed by atoms with Gasteiger partial charge in [-0.15, -0.1) is 0 Å². The molecule has 3 aliphatic rings. The van der Waals surface area contributed by atoms with Gasteiger partial charge in [-0.2, -0.15) is 0 Å². The Morgan fingerprint density at radius 2 is 1.63 bits per heavy atom. The summed E-state index contributed by atoms with van der Waals surface area (Å²) in [6, 6.07) is 6.86. The van der Waals surface area contributed by atoms with E-state index in [1.807, 2.05) is 6.07 Å². The molecule has 1 N–H and O–H groups in total. The molecule has 3 fully saturated rings. The molecule has 3 nitrogen and oxygen atoms in total. The smallest absolute Gasteiger partial charge is 0.123 e. The van der Waals surface area contributed by atoms with Crippen molar-refractivity contribution >= 4 is 0 Å². The topological polar surface area (TPSA) is 26.7 Å². The summed E-state index contributed by atoms with van der Waals surface area (Å²) < 4.78 is 14.2. The molecule has 0 bridgehead atoms. The van der Waals surface area contributed by atoms with Gasteiger partial charge in [0.05, 0.1) is 5.54 Å². The van der Waals surface area contributed by atoms with Crippen molar-refractivity contribution in [1.82, 2.24) is 9.80 Å². The average molecular weight is 375 g/mol. The number of aliphatic hydroxyl groups is 1. The van der Waals surface area contributed by atoms with Crippen LogP contribution in [0.25, 0.3) is 0 Å². The Bertz CT molecular complexity index is 641. The summed E-state index contributed by atoms with van der Waals surface area (Å²) in [4.78, 5) is 5.03. The van der Waals surface area contributed by atoms with Gasteiger partial charge < -0.3 is 5.11 Å². The van der Waals surface area contributed by atoms with E-state index in [1.165, 1.54) is 44.6 Å². The third kappa shape index (κ3) is 3.34. The van der Waals surface area contributed by atoms with Crippen LogP contribution in [0.15, 0.2) is 24.3 Å². The summed E-state index contributed by atoms with van der Waals surface area (Å²) in [6.45, 7) is 6.44. The normalized spacial score (nSPS) is 36.6. The number of hydrogen-bond acceptors (Lipinski definition) is 3. The second-order valence-corrected chi connectivity index (χ2v) is 9.10. The van der Waals surface area contributed by atoms with E-state index in [0.717, 1.165) is 51.0 Å². The van der Waals surface area contributed by atoms with Crippen molar-refractivity contribution in [2.45, 2.75) is 81.9 Å². The van der Waals surface area contributed by atoms with Crippen LogP contribution in [0.5, 0.6) is 0 Å². The highest BCUT2D eigenvalue weighted by Crippen LogP contribution is 2.50. The van der Waals surface area contributed by atoms with E-state index >= 15 is 0 Å². The number of halogens is 1. The van der Waals surface area contributed by atoms with Crippen molar-refractivity contribution in [1.29, 1.82) is 0 Å². The largest absolute Gasteiger partial charge is 0.382 e. The van der Waals surface area contributed by atoms with E-state index in [4.69, 9.17) is 0 Å². The molecular weight excluding hydrogens is 339 g/mol. The number of hydrogen-bond donors (Lipinski definition) is 1. The molecule has 0 spiro atoms. The predicted molar refractivity (Wildman–Crippen MR) is 107 cm³/mol. The first-order valence-electron chi connectivity index (χ1n) is 11.0. The molecule has 3 unspecified atom stereocenters. The first kappa shape index (κ1) is 19.4. The van der Waals surface area contributed by atoms with Crippen molar-refractivity contribution in [3.05, 3.63) is 35.6 Å². The van der Waals surface area contributed by atoms with Crippen LogP contribution < -0.4 is 0 Å². The molecule has 1 aliphatic carbocycles. The summed E-state index contributed by atoms with van der Waals surface area (Å²) in [7, 11) is 0. The van der Waals surface area contributed by atoms with Crippen LogP contribution in [-0.2, 0) is 5.60 Å². The minimum Gasteiger partial charge on any atom is -0.382 e. The minimum atomic E-state index is -1.04. The lowest BCUT2D eigenvalue weighted by Crippen LogP contribution is -2.71. The fourth-order valence-electron chi connectivity index (χ4n) is 6.09. The molecule has 1 aromatic carbocycles. The highest BCUT2D eigenvalue weighted by Gasteiger charge is 2.59. The third-order valence-corrected chi connectivity index (χ3v) is 7.59.